The predicted molar refractivity (Wildman–Crippen MR) is 149 cm³/mol. The Balaban J connectivity index is 0.00000179. The van der Waals surface area contributed by atoms with E-state index in [-0.39, 0.29) is 11.2 Å². The molecule has 35 heavy (non-hydrogen) atoms. The number of rotatable bonds is 7. The van der Waals surface area contributed by atoms with Crippen LogP contribution >= 0.6 is 0 Å². The zero-order valence-electron chi connectivity index (χ0n) is 23.1. The number of nitrogens with one attached hydrogen (secondary N) is 3. The highest BCUT2D eigenvalue weighted by atomic mass is 32.2. The first-order valence-electron chi connectivity index (χ1n) is 12.4. The second kappa shape index (κ2) is 16.8. The van der Waals surface area contributed by atoms with Gasteiger partial charge in [0.1, 0.15) is 11.5 Å². The number of ether oxygens (including phenoxy) is 2. The summed E-state index contributed by atoms with van der Waals surface area (Å²) in [5, 5.41) is 9.86. The smallest absolute Gasteiger partial charge is 0.175 e. The minimum atomic E-state index is -3.31. The Bertz CT molecular complexity index is 1020. The molecule has 0 bridgehead atoms. The molecule has 0 aromatic heterocycles. The molecular weight excluding hydrogens is 462 g/mol. The van der Waals surface area contributed by atoms with Crippen LogP contribution in [-0.4, -0.2) is 41.2 Å². The van der Waals surface area contributed by atoms with E-state index in [1.54, 1.807) is 19.2 Å². The van der Waals surface area contributed by atoms with E-state index in [4.69, 9.17) is 9.47 Å². The van der Waals surface area contributed by atoms with Crippen LogP contribution < -0.4 is 25.4 Å². The lowest BCUT2D eigenvalue weighted by atomic mass is 10.0. The second-order valence-electron chi connectivity index (χ2n) is 6.84. The molecule has 2 aromatic rings. The molecule has 1 aliphatic rings. The Hall–Kier alpha value is -2.71. The summed E-state index contributed by atoms with van der Waals surface area (Å²) in [4.78, 5) is 0.232. The summed E-state index contributed by atoms with van der Waals surface area (Å²) in [6.45, 7) is 17.3. The van der Waals surface area contributed by atoms with Crippen molar-refractivity contribution in [3.05, 3.63) is 53.7 Å². The van der Waals surface area contributed by atoms with E-state index < -0.39 is 9.84 Å². The second-order valence-corrected chi connectivity index (χ2v) is 8.86. The Morgan fingerprint density at radius 1 is 1.00 bits per heavy atom. The summed E-state index contributed by atoms with van der Waals surface area (Å²) in [6.07, 6.45) is 2.85. The third kappa shape index (κ3) is 9.82. The minimum Gasteiger partial charge on any atom is -0.495 e. The Labute approximate surface area is 213 Å². The van der Waals surface area contributed by atoms with Crippen LogP contribution in [0.5, 0.6) is 11.5 Å². The van der Waals surface area contributed by atoms with Crippen LogP contribution in [0.2, 0.25) is 0 Å². The highest BCUT2D eigenvalue weighted by Crippen LogP contribution is 2.29. The van der Waals surface area contributed by atoms with Crippen molar-refractivity contribution in [3.8, 4) is 11.5 Å². The first kappa shape index (κ1) is 32.3. The molecule has 0 radical (unpaired) electrons. The molecule has 3 rings (SSSR count). The SMILES string of the molecule is CC.CC.CC.CCOc1cc(C2=CNC(Nc3cc(S(C)(=O)=O)ccc3OC)NC2)ccc1C. The van der Waals surface area contributed by atoms with Crippen LogP contribution in [0.25, 0.3) is 5.57 Å². The third-order valence-electron chi connectivity index (χ3n) is 4.68. The van der Waals surface area contributed by atoms with E-state index in [9.17, 15) is 8.42 Å². The van der Waals surface area contributed by atoms with Gasteiger partial charge in [-0.25, -0.2) is 8.42 Å². The van der Waals surface area contributed by atoms with Crippen LogP contribution in [0.1, 0.15) is 59.6 Å². The monoisotopic (exact) mass is 507 g/mol. The van der Waals surface area contributed by atoms with Gasteiger partial charge in [0.25, 0.3) is 0 Å². The summed E-state index contributed by atoms with van der Waals surface area (Å²) < 4.78 is 34.7. The van der Waals surface area contributed by atoms with Gasteiger partial charge in [-0.1, -0.05) is 53.7 Å². The normalized spacial score (nSPS) is 14.2. The van der Waals surface area contributed by atoms with Crippen LogP contribution in [0.4, 0.5) is 5.69 Å². The summed E-state index contributed by atoms with van der Waals surface area (Å²) >= 11 is 0. The number of benzene rings is 2. The average molecular weight is 508 g/mol. The molecule has 0 fully saturated rings. The summed E-state index contributed by atoms with van der Waals surface area (Å²) in [7, 11) is -1.76. The van der Waals surface area contributed by atoms with Gasteiger partial charge in [0.15, 0.2) is 16.1 Å². The fourth-order valence-corrected chi connectivity index (χ4v) is 3.73. The lowest BCUT2D eigenvalue weighted by Crippen LogP contribution is -2.49. The maximum absolute atomic E-state index is 11.9. The van der Waals surface area contributed by atoms with Crippen molar-refractivity contribution in [2.45, 2.75) is 66.6 Å². The lowest BCUT2D eigenvalue weighted by Gasteiger charge is -2.28. The third-order valence-corrected chi connectivity index (χ3v) is 5.79. The van der Waals surface area contributed by atoms with Crippen LogP contribution in [0.15, 0.2) is 47.5 Å². The van der Waals surface area contributed by atoms with Crippen molar-refractivity contribution in [1.82, 2.24) is 10.6 Å². The molecule has 3 N–H and O–H groups in total. The van der Waals surface area contributed by atoms with E-state index in [2.05, 4.69) is 22.0 Å². The topological polar surface area (TPSA) is 88.7 Å². The fourth-order valence-electron chi connectivity index (χ4n) is 3.08. The predicted octanol–water partition coefficient (Wildman–Crippen LogP) is 5.81. The maximum atomic E-state index is 11.9. The number of hydrogen-bond acceptors (Lipinski definition) is 7. The van der Waals surface area contributed by atoms with Gasteiger partial charge in [-0.05, 0) is 54.8 Å². The molecule has 0 aliphatic carbocycles. The molecule has 0 spiro atoms. The molecule has 1 aliphatic heterocycles. The van der Waals surface area contributed by atoms with Crippen LogP contribution in [0.3, 0.4) is 0 Å². The molecule has 0 saturated carbocycles. The Morgan fingerprint density at radius 3 is 2.17 bits per heavy atom. The van der Waals surface area contributed by atoms with Gasteiger partial charge in [-0.15, -0.1) is 0 Å². The van der Waals surface area contributed by atoms with Gasteiger partial charge in [0.05, 0.1) is 24.3 Å². The van der Waals surface area contributed by atoms with Gasteiger partial charge in [-0.2, -0.15) is 0 Å². The number of hydrogen-bond donors (Lipinski definition) is 3. The molecule has 198 valence electrons. The van der Waals surface area contributed by atoms with Crippen molar-refractivity contribution in [1.29, 1.82) is 0 Å². The van der Waals surface area contributed by atoms with Crippen molar-refractivity contribution in [3.63, 3.8) is 0 Å². The minimum absolute atomic E-state index is 0.232. The van der Waals surface area contributed by atoms with E-state index in [0.717, 1.165) is 22.4 Å². The molecule has 1 unspecified atom stereocenters. The molecule has 8 heteroatoms. The first-order valence-corrected chi connectivity index (χ1v) is 14.3. The number of anilines is 1. The standard InChI is InChI=1S/C21H27N3O4S.3C2H6/c1-5-28-20-10-15(7-6-14(20)2)16-12-22-21(23-13-16)24-18-11-17(29(4,25)26)8-9-19(18)27-3;3*1-2/h6-12,21-24H,5,13H2,1-4H3;3*1-2H3. The maximum Gasteiger partial charge on any atom is 0.175 e. The van der Waals surface area contributed by atoms with Crippen molar-refractivity contribution < 1.29 is 17.9 Å². The lowest BCUT2D eigenvalue weighted by molar-refractivity contribution is 0.338. The quantitative estimate of drug-likeness (QED) is 0.435. The van der Waals surface area contributed by atoms with E-state index >= 15 is 0 Å². The van der Waals surface area contributed by atoms with E-state index in [0.29, 0.717) is 24.6 Å². The summed E-state index contributed by atoms with van der Waals surface area (Å²) in [5.74, 6) is 1.45. The van der Waals surface area contributed by atoms with Gasteiger partial charge in [-0.3, -0.25) is 5.32 Å². The molecule has 0 saturated heterocycles. The van der Waals surface area contributed by atoms with Gasteiger partial charge >= 0.3 is 0 Å². The van der Waals surface area contributed by atoms with Crippen molar-refractivity contribution >= 4 is 21.1 Å². The molecular formula is C27H45N3O4S. The molecule has 1 atom stereocenters. The largest absolute Gasteiger partial charge is 0.495 e. The number of sulfone groups is 1. The van der Waals surface area contributed by atoms with Crippen molar-refractivity contribution in [2.75, 3.05) is 31.8 Å². The fraction of sp³-hybridized carbons (Fsp3) is 0.481. The molecule has 1 heterocycles. The number of methoxy groups -OCH3 is 1. The van der Waals surface area contributed by atoms with Gasteiger partial charge in [0, 0.05) is 19.0 Å². The summed E-state index contributed by atoms with van der Waals surface area (Å²) in [6, 6.07) is 10.9. The summed E-state index contributed by atoms with van der Waals surface area (Å²) in [5.41, 5.74) is 3.87. The van der Waals surface area contributed by atoms with Crippen LogP contribution in [0, 0.1) is 6.92 Å². The van der Waals surface area contributed by atoms with E-state index in [1.165, 1.54) is 12.3 Å². The highest BCUT2D eigenvalue weighted by Gasteiger charge is 2.18. The molecule has 7 nitrogen and oxygen atoms in total. The van der Waals surface area contributed by atoms with Crippen LogP contribution in [-0.2, 0) is 9.84 Å². The first-order chi connectivity index (χ1) is 16.8. The highest BCUT2D eigenvalue weighted by molar-refractivity contribution is 7.90. The van der Waals surface area contributed by atoms with Gasteiger partial charge in [0.2, 0.25) is 0 Å². The zero-order chi connectivity index (χ0) is 27.0. The number of aryl methyl sites for hydroxylation is 1. The molecule has 0 amide bonds. The Kier molecular flexibility index (Phi) is 15.5. The van der Waals surface area contributed by atoms with Crippen molar-refractivity contribution in [2.24, 2.45) is 0 Å². The van der Waals surface area contributed by atoms with Gasteiger partial charge < -0.3 is 20.1 Å². The zero-order valence-corrected chi connectivity index (χ0v) is 23.9. The van der Waals surface area contributed by atoms with E-state index in [1.807, 2.05) is 73.7 Å². The Morgan fingerprint density at radius 2 is 1.66 bits per heavy atom. The molecule has 2 aromatic carbocycles. The average Bonchev–Trinajstić information content (AvgIpc) is 2.89.